The van der Waals surface area contributed by atoms with Crippen LogP contribution in [0.1, 0.15) is 24.9 Å². The third-order valence-electron chi connectivity index (χ3n) is 3.14. The van der Waals surface area contributed by atoms with E-state index in [1.54, 1.807) is 0 Å². The molecule has 3 nitrogen and oxygen atoms in total. The average molecular weight is 239 g/mol. The van der Waals surface area contributed by atoms with Gasteiger partial charge in [-0.1, -0.05) is 37.3 Å². The summed E-state index contributed by atoms with van der Waals surface area (Å²) in [7, 11) is -2.93. The van der Waals surface area contributed by atoms with Gasteiger partial charge in [0.1, 0.15) is 0 Å². The first kappa shape index (κ1) is 11.6. The molecule has 0 spiro atoms. The molecule has 1 N–H and O–H groups in total. The first-order valence-electron chi connectivity index (χ1n) is 5.65. The molecule has 1 heterocycles. The first-order chi connectivity index (χ1) is 7.65. The molecule has 0 radical (unpaired) electrons. The quantitative estimate of drug-likeness (QED) is 0.851. The smallest absolute Gasteiger partial charge is 0.156 e. The van der Waals surface area contributed by atoms with Crippen molar-refractivity contribution >= 4 is 9.84 Å². The zero-order valence-corrected chi connectivity index (χ0v) is 10.2. The lowest BCUT2D eigenvalue weighted by Gasteiger charge is -2.32. The van der Waals surface area contributed by atoms with E-state index in [2.05, 4.69) is 5.32 Å². The van der Waals surface area contributed by atoms with E-state index in [1.165, 1.54) is 0 Å². The standard InChI is InChI=1S/C12H17NO2S/c1-2-11-12(10-6-4-3-5-7-10)13-8-9-16(11,14)15/h3-7,11-13H,2,8-9H2,1H3. The second-order valence-electron chi connectivity index (χ2n) is 4.16. The highest BCUT2D eigenvalue weighted by atomic mass is 32.2. The second-order valence-corrected chi connectivity index (χ2v) is 6.50. The predicted molar refractivity (Wildman–Crippen MR) is 65.1 cm³/mol. The van der Waals surface area contributed by atoms with Gasteiger partial charge in [-0.05, 0) is 12.0 Å². The van der Waals surface area contributed by atoms with Crippen LogP contribution in [0.25, 0.3) is 0 Å². The minimum absolute atomic E-state index is 0.0510. The number of hydrogen-bond acceptors (Lipinski definition) is 3. The maximum absolute atomic E-state index is 12.0. The molecule has 88 valence electrons. The largest absolute Gasteiger partial charge is 0.308 e. The van der Waals surface area contributed by atoms with Gasteiger partial charge < -0.3 is 5.32 Å². The van der Waals surface area contributed by atoms with Gasteiger partial charge in [0.2, 0.25) is 0 Å². The van der Waals surface area contributed by atoms with E-state index >= 15 is 0 Å². The Bertz CT molecular complexity index is 441. The van der Waals surface area contributed by atoms with Crippen LogP contribution in [0.15, 0.2) is 30.3 Å². The summed E-state index contributed by atoms with van der Waals surface area (Å²) in [6, 6.07) is 9.77. The van der Waals surface area contributed by atoms with E-state index in [0.717, 1.165) is 5.56 Å². The molecule has 4 heteroatoms. The fourth-order valence-corrected chi connectivity index (χ4v) is 4.21. The molecule has 1 aliphatic rings. The van der Waals surface area contributed by atoms with Crippen LogP contribution in [0, 0.1) is 0 Å². The van der Waals surface area contributed by atoms with Gasteiger partial charge in [0, 0.05) is 12.6 Å². The zero-order chi connectivity index (χ0) is 11.6. The summed E-state index contributed by atoms with van der Waals surface area (Å²) in [5, 5.41) is 3.02. The maximum atomic E-state index is 12.0. The van der Waals surface area contributed by atoms with Crippen molar-refractivity contribution in [3.8, 4) is 0 Å². The fourth-order valence-electron chi connectivity index (χ4n) is 2.33. The van der Waals surface area contributed by atoms with Gasteiger partial charge in [0.15, 0.2) is 9.84 Å². The summed E-state index contributed by atoms with van der Waals surface area (Å²) >= 11 is 0. The SMILES string of the molecule is CCC1C(c2ccccc2)NCCS1(=O)=O. The monoisotopic (exact) mass is 239 g/mol. The van der Waals surface area contributed by atoms with Crippen molar-refractivity contribution in [1.29, 1.82) is 0 Å². The van der Waals surface area contributed by atoms with E-state index in [1.807, 2.05) is 37.3 Å². The van der Waals surface area contributed by atoms with Gasteiger partial charge in [-0.3, -0.25) is 0 Å². The van der Waals surface area contributed by atoms with Gasteiger partial charge in [0.05, 0.1) is 11.0 Å². The molecule has 1 saturated heterocycles. The lowest BCUT2D eigenvalue weighted by Crippen LogP contribution is -2.46. The summed E-state index contributed by atoms with van der Waals surface area (Å²) in [6.07, 6.45) is 0.662. The van der Waals surface area contributed by atoms with Crippen molar-refractivity contribution in [2.24, 2.45) is 0 Å². The van der Waals surface area contributed by atoms with Crippen molar-refractivity contribution in [2.75, 3.05) is 12.3 Å². The van der Waals surface area contributed by atoms with Crippen LogP contribution in [0.3, 0.4) is 0 Å². The highest BCUT2D eigenvalue weighted by molar-refractivity contribution is 7.92. The summed E-state index contributed by atoms with van der Waals surface area (Å²) in [4.78, 5) is 0. The van der Waals surface area contributed by atoms with Crippen LogP contribution in [-0.2, 0) is 9.84 Å². The molecule has 2 unspecified atom stereocenters. The molecular formula is C12H17NO2S. The summed E-state index contributed by atoms with van der Waals surface area (Å²) in [6.45, 7) is 2.49. The van der Waals surface area contributed by atoms with Crippen LogP contribution in [0.2, 0.25) is 0 Å². The highest BCUT2D eigenvalue weighted by Gasteiger charge is 2.36. The summed E-state index contributed by atoms with van der Waals surface area (Å²) in [5.41, 5.74) is 1.07. The van der Waals surface area contributed by atoms with Crippen LogP contribution >= 0.6 is 0 Å². The van der Waals surface area contributed by atoms with E-state index in [0.29, 0.717) is 13.0 Å². The van der Waals surface area contributed by atoms with Gasteiger partial charge in [-0.2, -0.15) is 0 Å². The third kappa shape index (κ3) is 2.13. The van der Waals surface area contributed by atoms with Crippen LogP contribution in [0.5, 0.6) is 0 Å². The van der Waals surface area contributed by atoms with E-state index in [-0.39, 0.29) is 17.0 Å². The lowest BCUT2D eigenvalue weighted by atomic mass is 10.0. The van der Waals surface area contributed by atoms with E-state index in [4.69, 9.17) is 0 Å². The van der Waals surface area contributed by atoms with Crippen molar-refractivity contribution in [2.45, 2.75) is 24.6 Å². The molecule has 0 amide bonds. The zero-order valence-electron chi connectivity index (χ0n) is 9.39. The Balaban J connectivity index is 2.34. The molecule has 1 aromatic carbocycles. The molecule has 2 atom stereocenters. The normalized spacial score (nSPS) is 28.8. The lowest BCUT2D eigenvalue weighted by molar-refractivity contribution is 0.462. The molecular weight excluding hydrogens is 222 g/mol. The molecule has 0 bridgehead atoms. The number of sulfone groups is 1. The number of nitrogens with one attached hydrogen (secondary N) is 1. The molecule has 0 aliphatic carbocycles. The molecule has 16 heavy (non-hydrogen) atoms. The first-order valence-corrected chi connectivity index (χ1v) is 7.36. The van der Waals surface area contributed by atoms with Crippen molar-refractivity contribution < 1.29 is 8.42 Å². The van der Waals surface area contributed by atoms with Crippen LogP contribution in [-0.4, -0.2) is 26.0 Å². The van der Waals surface area contributed by atoms with Crippen molar-refractivity contribution in [1.82, 2.24) is 5.32 Å². The topological polar surface area (TPSA) is 46.2 Å². The van der Waals surface area contributed by atoms with E-state index in [9.17, 15) is 8.42 Å². The second kappa shape index (κ2) is 4.55. The number of hydrogen-bond donors (Lipinski definition) is 1. The fraction of sp³-hybridized carbons (Fsp3) is 0.500. The van der Waals surface area contributed by atoms with Gasteiger partial charge in [-0.15, -0.1) is 0 Å². The maximum Gasteiger partial charge on any atom is 0.156 e. The van der Waals surface area contributed by atoms with Gasteiger partial charge in [0.25, 0.3) is 0 Å². The predicted octanol–water partition coefficient (Wildman–Crippen LogP) is 1.52. The van der Waals surface area contributed by atoms with Gasteiger partial charge in [-0.25, -0.2) is 8.42 Å². The van der Waals surface area contributed by atoms with Crippen LogP contribution in [0.4, 0.5) is 0 Å². The number of rotatable bonds is 2. The Morgan fingerprint density at radius 1 is 1.31 bits per heavy atom. The van der Waals surface area contributed by atoms with Crippen LogP contribution < -0.4 is 5.32 Å². The molecule has 2 rings (SSSR count). The van der Waals surface area contributed by atoms with E-state index < -0.39 is 9.84 Å². The van der Waals surface area contributed by atoms with Crippen molar-refractivity contribution in [3.63, 3.8) is 0 Å². The third-order valence-corrected chi connectivity index (χ3v) is 5.45. The molecule has 1 fully saturated rings. The Hall–Kier alpha value is -0.870. The Morgan fingerprint density at radius 3 is 2.62 bits per heavy atom. The minimum Gasteiger partial charge on any atom is -0.308 e. The minimum atomic E-state index is -2.93. The highest BCUT2D eigenvalue weighted by Crippen LogP contribution is 2.27. The van der Waals surface area contributed by atoms with Gasteiger partial charge >= 0.3 is 0 Å². The molecule has 1 aromatic rings. The number of benzene rings is 1. The average Bonchev–Trinajstić information content (AvgIpc) is 2.28. The molecule has 1 aliphatic heterocycles. The summed E-state index contributed by atoms with van der Waals surface area (Å²) < 4.78 is 23.9. The Kier molecular flexibility index (Phi) is 3.30. The molecule has 0 aromatic heterocycles. The van der Waals surface area contributed by atoms with Crippen molar-refractivity contribution in [3.05, 3.63) is 35.9 Å². The Labute approximate surface area is 96.8 Å². The Morgan fingerprint density at radius 2 is 2.00 bits per heavy atom. The molecule has 0 saturated carbocycles. The summed E-state index contributed by atoms with van der Waals surface area (Å²) in [5.74, 6) is 0.259.